The van der Waals surface area contributed by atoms with Crippen LogP contribution in [0.4, 0.5) is 0 Å². The summed E-state index contributed by atoms with van der Waals surface area (Å²) in [5, 5.41) is 12.6. The van der Waals surface area contributed by atoms with Gasteiger partial charge in [0, 0.05) is 18.5 Å². The van der Waals surface area contributed by atoms with E-state index >= 15 is 0 Å². The molecule has 2 atom stereocenters. The second-order valence-electron chi connectivity index (χ2n) is 6.17. The van der Waals surface area contributed by atoms with E-state index in [1.165, 1.54) is 0 Å². The van der Waals surface area contributed by atoms with E-state index in [0.717, 1.165) is 5.56 Å². The van der Waals surface area contributed by atoms with E-state index < -0.39 is 23.3 Å². The topological polar surface area (TPSA) is 86.7 Å². The van der Waals surface area contributed by atoms with Crippen LogP contribution in [0, 0.1) is 5.41 Å². The molecule has 2 N–H and O–H groups in total. The monoisotopic (exact) mass is 336 g/mol. The lowest BCUT2D eigenvalue weighted by molar-refractivity contribution is -0.149. The van der Waals surface area contributed by atoms with Gasteiger partial charge in [0.05, 0.1) is 12.1 Å². The van der Waals surface area contributed by atoms with Gasteiger partial charge in [-0.25, -0.2) is 0 Å². The van der Waals surface area contributed by atoms with Crippen LogP contribution in [0.2, 0.25) is 5.02 Å². The fraction of sp³-hybridized carbons (Fsp3) is 0.438. The molecule has 122 valence electrons. The minimum Gasteiger partial charge on any atom is -0.480 e. The number of nitrogens with zero attached hydrogens (tertiary/aromatic N) is 1. The molecule has 1 aliphatic heterocycles. The normalized spacial score (nSPS) is 25.3. The largest absolute Gasteiger partial charge is 0.480 e. The molecule has 3 rings (SSSR count). The quantitative estimate of drug-likeness (QED) is 0.817. The van der Waals surface area contributed by atoms with Crippen molar-refractivity contribution in [3.05, 3.63) is 34.9 Å². The molecule has 7 heteroatoms. The Balaban J connectivity index is 1.82. The van der Waals surface area contributed by atoms with Crippen molar-refractivity contribution in [1.29, 1.82) is 0 Å². The molecule has 1 aromatic rings. The Morgan fingerprint density at radius 3 is 2.43 bits per heavy atom. The zero-order chi connectivity index (χ0) is 16.8. The highest BCUT2D eigenvalue weighted by Crippen LogP contribution is 2.46. The third-order valence-corrected chi connectivity index (χ3v) is 4.96. The number of hydrogen-bond acceptors (Lipinski definition) is 3. The molecule has 0 spiro atoms. The van der Waals surface area contributed by atoms with Crippen molar-refractivity contribution in [3.8, 4) is 0 Å². The Bertz CT molecular complexity index is 669. The molecule has 2 aliphatic rings. The van der Waals surface area contributed by atoms with Gasteiger partial charge in [-0.2, -0.15) is 0 Å². The molecular weight excluding hydrogens is 320 g/mol. The van der Waals surface area contributed by atoms with Crippen LogP contribution in [0.15, 0.2) is 24.3 Å². The van der Waals surface area contributed by atoms with E-state index in [4.69, 9.17) is 11.6 Å². The first-order chi connectivity index (χ1) is 10.8. The Labute approximate surface area is 138 Å². The molecule has 0 radical (unpaired) electrons. The minimum absolute atomic E-state index is 0.0876. The number of likely N-dealkylation sites (tertiary alicyclic amines) is 1. The van der Waals surface area contributed by atoms with Crippen LogP contribution in [0.3, 0.4) is 0 Å². The van der Waals surface area contributed by atoms with E-state index in [1.54, 1.807) is 24.1 Å². The number of likely N-dealkylation sites (N-methyl/N-ethyl adjacent to an activating group) is 1. The Morgan fingerprint density at radius 1 is 1.30 bits per heavy atom. The van der Waals surface area contributed by atoms with Crippen LogP contribution < -0.4 is 5.32 Å². The molecule has 2 amide bonds. The number of rotatable bonds is 4. The molecule has 1 aromatic carbocycles. The summed E-state index contributed by atoms with van der Waals surface area (Å²) in [7, 11) is 1.68. The number of carboxylic acids is 1. The van der Waals surface area contributed by atoms with Crippen molar-refractivity contribution < 1.29 is 19.5 Å². The van der Waals surface area contributed by atoms with E-state index in [2.05, 4.69) is 5.32 Å². The van der Waals surface area contributed by atoms with Gasteiger partial charge in [0.15, 0.2) is 0 Å². The number of amides is 2. The van der Waals surface area contributed by atoms with Crippen molar-refractivity contribution in [2.24, 2.45) is 5.41 Å². The lowest BCUT2D eigenvalue weighted by Crippen LogP contribution is -2.45. The van der Waals surface area contributed by atoms with E-state index in [9.17, 15) is 19.5 Å². The first-order valence-electron chi connectivity index (χ1n) is 7.40. The number of carboxylic acid groups (broad SMARTS) is 1. The van der Waals surface area contributed by atoms with Crippen LogP contribution in [0.1, 0.15) is 30.9 Å². The molecular formula is C16H17ClN2O4. The van der Waals surface area contributed by atoms with Gasteiger partial charge in [0.25, 0.3) is 0 Å². The maximum atomic E-state index is 12.3. The number of aliphatic carboxylic acids is 1. The molecule has 0 aromatic heterocycles. The second-order valence-corrected chi connectivity index (χ2v) is 6.61. The first kappa shape index (κ1) is 15.8. The van der Waals surface area contributed by atoms with Gasteiger partial charge >= 0.3 is 5.97 Å². The zero-order valence-electron chi connectivity index (χ0n) is 12.6. The van der Waals surface area contributed by atoms with Gasteiger partial charge in [-0.3, -0.25) is 14.4 Å². The smallest absolute Gasteiger partial charge is 0.319 e. The maximum Gasteiger partial charge on any atom is 0.319 e. The summed E-state index contributed by atoms with van der Waals surface area (Å²) in [5.74, 6) is -1.69. The predicted octanol–water partition coefficient (Wildman–Crippen LogP) is 1.59. The number of carbonyl (C=O) groups excluding carboxylic acids is 2. The van der Waals surface area contributed by atoms with Crippen molar-refractivity contribution >= 4 is 29.4 Å². The maximum absolute atomic E-state index is 12.3. The molecule has 1 saturated heterocycles. The molecule has 2 unspecified atom stereocenters. The predicted molar refractivity (Wildman–Crippen MR) is 82.8 cm³/mol. The number of carbonyl (C=O) groups is 3. The fourth-order valence-corrected chi connectivity index (χ4v) is 3.21. The number of hydrogen-bond donors (Lipinski definition) is 2. The molecule has 1 saturated carbocycles. The van der Waals surface area contributed by atoms with Crippen LogP contribution in [-0.4, -0.2) is 40.9 Å². The van der Waals surface area contributed by atoms with E-state index in [-0.39, 0.29) is 18.4 Å². The average Bonchev–Trinajstić information content (AvgIpc) is 3.26. The summed E-state index contributed by atoms with van der Waals surface area (Å²) >= 11 is 5.89. The summed E-state index contributed by atoms with van der Waals surface area (Å²) in [6.45, 7) is 0. The Kier molecular flexibility index (Phi) is 3.80. The van der Waals surface area contributed by atoms with E-state index in [0.29, 0.717) is 17.9 Å². The van der Waals surface area contributed by atoms with Crippen molar-refractivity contribution in [3.63, 3.8) is 0 Å². The summed E-state index contributed by atoms with van der Waals surface area (Å²) in [6.07, 6.45) is 0.845. The fourth-order valence-electron chi connectivity index (χ4n) is 3.08. The highest BCUT2D eigenvalue weighted by atomic mass is 35.5. The number of nitrogens with one attached hydrogen (secondary N) is 1. The first-order valence-corrected chi connectivity index (χ1v) is 7.78. The third kappa shape index (κ3) is 2.67. The Morgan fingerprint density at radius 2 is 1.91 bits per heavy atom. The molecule has 6 nitrogen and oxygen atoms in total. The summed E-state index contributed by atoms with van der Waals surface area (Å²) in [5.41, 5.74) is -0.456. The van der Waals surface area contributed by atoms with Crippen molar-refractivity contribution in [2.45, 2.75) is 31.3 Å². The molecule has 0 bridgehead atoms. The molecule has 2 fully saturated rings. The van der Waals surface area contributed by atoms with Gasteiger partial charge in [0.1, 0.15) is 5.41 Å². The van der Waals surface area contributed by atoms with E-state index in [1.807, 2.05) is 12.1 Å². The van der Waals surface area contributed by atoms with Gasteiger partial charge in [0.2, 0.25) is 11.8 Å². The van der Waals surface area contributed by atoms with Gasteiger partial charge in [-0.1, -0.05) is 23.7 Å². The highest BCUT2D eigenvalue weighted by Gasteiger charge is 2.58. The summed E-state index contributed by atoms with van der Waals surface area (Å²) in [6, 6.07) is 6.31. The SMILES string of the molecule is CN1C(=O)CC(NC(=O)C2(C(=O)O)CC2)C1c1ccc(Cl)cc1. The van der Waals surface area contributed by atoms with Crippen LogP contribution in [0.5, 0.6) is 0 Å². The van der Waals surface area contributed by atoms with Gasteiger partial charge in [-0.15, -0.1) is 0 Å². The number of halogens is 1. The van der Waals surface area contributed by atoms with Crippen LogP contribution >= 0.6 is 11.6 Å². The van der Waals surface area contributed by atoms with Gasteiger partial charge in [-0.05, 0) is 30.5 Å². The van der Waals surface area contributed by atoms with Gasteiger partial charge < -0.3 is 15.3 Å². The van der Waals surface area contributed by atoms with Crippen molar-refractivity contribution in [2.75, 3.05) is 7.05 Å². The summed E-state index contributed by atoms with van der Waals surface area (Å²) in [4.78, 5) is 37.2. The Hall–Kier alpha value is -2.08. The van der Waals surface area contributed by atoms with Crippen LogP contribution in [-0.2, 0) is 14.4 Å². The lowest BCUT2D eigenvalue weighted by atomic mass is 9.98. The van der Waals surface area contributed by atoms with Crippen molar-refractivity contribution in [1.82, 2.24) is 10.2 Å². The number of benzene rings is 1. The average molecular weight is 337 g/mol. The summed E-state index contributed by atoms with van der Waals surface area (Å²) < 4.78 is 0. The van der Waals surface area contributed by atoms with Crippen LogP contribution in [0.25, 0.3) is 0 Å². The molecule has 1 aliphatic carbocycles. The highest BCUT2D eigenvalue weighted by molar-refractivity contribution is 6.30. The molecule has 1 heterocycles. The lowest BCUT2D eigenvalue weighted by Gasteiger charge is -2.27. The zero-order valence-corrected chi connectivity index (χ0v) is 13.3. The second kappa shape index (κ2) is 5.53. The molecule has 23 heavy (non-hydrogen) atoms. The third-order valence-electron chi connectivity index (χ3n) is 4.71. The standard InChI is InChI=1S/C16H17ClN2O4/c1-19-12(20)8-11(13(19)9-2-4-10(17)5-3-9)18-14(21)16(6-7-16)15(22)23/h2-5,11,13H,6-8H2,1H3,(H,18,21)(H,22,23). The minimum atomic E-state index is -1.31.